The van der Waals surface area contributed by atoms with Crippen LogP contribution in [0.3, 0.4) is 0 Å². The van der Waals surface area contributed by atoms with E-state index in [1.807, 2.05) is 66.9 Å². The van der Waals surface area contributed by atoms with E-state index in [1.54, 1.807) is 0 Å². The number of aromatic amines is 2. The van der Waals surface area contributed by atoms with Crippen LogP contribution in [0.1, 0.15) is 62.7 Å². The molecule has 5 nitrogen and oxygen atoms in total. The third-order valence-electron chi connectivity index (χ3n) is 7.65. The smallest absolute Gasteiger partial charge is 0.253 e. The number of carbonyl (C=O) groups is 2. The number of ketones is 1. The maximum Gasteiger partial charge on any atom is 0.253 e. The van der Waals surface area contributed by atoms with Crippen LogP contribution in [0, 0.1) is 0 Å². The van der Waals surface area contributed by atoms with Crippen LogP contribution in [0.5, 0.6) is 0 Å². The minimum Gasteiger partial charge on any atom is -0.361 e. The van der Waals surface area contributed by atoms with Gasteiger partial charge in [0.15, 0.2) is 5.78 Å². The fourth-order valence-corrected chi connectivity index (χ4v) is 5.77. The molecule has 0 unspecified atom stereocenters. The van der Waals surface area contributed by atoms with Gasteiger partial charge in [0.25, 0.3) is 5.91 Å². The summed E-state index contributed by atoms with van der Waals surface area (Å²) in [6.45, 7) is 2.63. The van der Waals surface area contributed by atoms with Crippen molar-refractivity contribution in [1.29, 1.82) is 0 Å². The molecule has 0 fully saturated rings. The van der Waals surface area contributed by atoms with Crippen LogP contribution in [-0.2, 0) is 6.42 Å². The average Bonchev–Trinajstić information content (AvgIpc) is 3.55. The SMILES string of the molecule is C[C@@H]1c2c([nH]c(-c3ccccc3)c2C(=O)NCCc2c[nH]c3ccccc23)C(=O)C[C@H]1c1ccccc1. The zero-order valence-corrected chi connectivity index (χ0v) is 20.8. The van der Waals surface area contributed by atoms with Gasteiger partial charge in [0.1, 0.15) is 0 Å². The number of hydrogen-bond acceptors (Lipinski definition) is 2. The minimum atomic E-state index is -0.149. The van der Waals surface area contributed by atoms with E-state index in [0.29, 0.717) is 36.3 Å². The van der Waals surface area contributed by atoms with Crippen molar-refractivity contribution >= 4 is 22.6 Å². The average molecular weight is 488 g/mol. The van der Waals surface area contributed by atoms with Gasteiger partial charge in [0, 0.05) is 30.1 Å². The van der Waals surface area contributed by atoms with Gasteiger partial charge in [-0.05, 0) is 46.6 Å². The van der Waals surface area contributed by atoms with E-state index < -0.39 is 0 Å². The molecule has 2 atom stereocenters. The molecule has 5 aromatic rings. The molecule has 6 rings (SSSR count). The first-order chi connectivity index (χ1) is 18.1. The predicted octanol–water partition coefficient (Wildman–Crippen LogP) is 6.61. The van der Waals surface area contributed by atoms with Gasteiger partial charge in [0.05, 0.1) is 17.0 Å². The monoisotopic (exact) mass is 487 g/mol. The number of H-pyrrole nitrogens is 2. The summed E-state index contributed by atoms with van der Waals surface area (Å²) in [7, 11) is 0. The van der Waals surface area contributed by atoms with Crippen molar-refractivity contribution in [2.45, 2.75) is 31.6 Å². The molecule has 37 heavy (non-hydrogen) atoms. The highest BCUT2D eigenvalue weighted by molar-refractivity contribution is 6.08. The fourth-order valence-electron chi connectivity index (χ4n) is 5.77. The van der Waals surface area contributed by atoms with E-state index in [1.165, 1.54) is 10.9 Å². The Morgan fingerprint density at radius 1 is 0.919 bits per heavy atom. The van der Waals surface area contributed by atoms with Gasteiger partial charge in [-0.15, -0.1) is 0 Å². The zero-order valence-electron chi connectivity index (χ0n) is 20.8. The molecule has 0 spiro atoms. The van der Waals surface area contributed by atoms with Gasteiger partial charge < -0.3 is 15.3 Å². The molecule has 3 aromatic carbocycles. The lowest BCUT2D eigenvalue weighted by molar-refractivity contribution is 0.0950. The van der Waals surface area contributed by atoms with Crippen LogP contribution in [0.25, 0.3) is 22.2 Å². The van der Waals surface area contributed by atoms with Crippen LogP contribution in [0.15, 0.2) is 91.1 Å². The summed E-state index contributed by atoms with van der Waals surface area (Å²) in [5.74, 6) is -0.0573. The van der Waals surface area contributed by atoms with Gasteiger partial charge in [-0.2, -0.15) is 0 Å². The molecule has 5 heteroatoms. The Balaban J connectivity index is 1.35. The van der Waals surface area contributed by atoms with Gasteiger partial charge in [-0.1, -0.05) is 85.8 Å². The summed E-state index contributed by atoms with van der Waals surface area (Å²) in [5.41, 5.74) is 6.98. The maximum absolute atomic E-state index is 13.8. The number of rotatable bonds is 6. The lowest BCUT2D eigenvalue weighted by Crippen LogP contribution is -2.29. The summed E-state index contributed by atoms with van der Waals surface area (Å²) >= 11 is 0. The van der Waals surface area contributed by atoms with Crippen LogP contribution in [0.4, 0.5) is 0 Å². The quantitative estimate of drug-likeness (QED) is 0.252. The van der Waals surface area contributed by atoms with E-state index >= 15 is 0 Å². The summed E-state index contributed by atoms with van der Waals surface area (Å²) in [6.07, 6.45) is 3.15. The number of benzene rings is 3. The fraction of sp³-hybridized carbons (Fsp3) is 0.188. The highest BCUT2D eigenvalue weighted by atomic mass is 16.1. The molecule has 1 aliphatic carbocycles. The third kappa shape index (κ3) is 4.16. The normalized spacial score (nSPS) is 17.1. The molecule has 1 amide bonds. The Kier molecular flexibility index (Phi) is 5.97. The highest BCUT2D eigenvalue weighted by Crippen LogP contribution is 2.46. The number of fused-ring (bicyclic) bond motifs is 2. The van der Waals surface area contributed by atoms with Crippen molar-refractivity contribution < 1.29 is 9.59 Å². The molecule has 2 aromatic heterocycles. The Bertz CT molecular complexity index is 1580. The molecule has 0 saturated heterocycles. The van der Waals surface area contributed by atoms with E-state index in [4.69, 9.17) is 0 Å². The Morgan fingerprint density at radius 3 is 2.41 bits per heavy atom. The van der Waals surface area contributed by atoms with E-state index in [0.717, 1.165) is 22.2 Å². The summed E-state index contributed by atoms with van der Waals surface area (Å²) < 4.78 is 0. The van der Waals surface area contributed by atoms with E-state index in [9.17, 15) is 9.59 Å². The van der Waals surface area contributed by atoms with Crippen LogP contribution in [-0.4, -0.2) is 28.2 Å². The number of hydrogen-bond donors (Lipinski definition) is 3. The topological polar surface area (TPSA) is 77.8 Å². The number of para-hydroxylation sites is 1. The lowest BCUT2D eigenvalue weighted by Gasteiger charge is -2.29. The minimum absolute atomic E-state index is 0.0122. The van der Waals surface area contributed by atoms with Crippen molar-refractivity contribution in [1.82, 2.24) is 15.3 Å². The molecule has 0 aliphatic heterocycles. The van der Waals surface area contributed by atoms with Crippen molar-refractivity contribution in [3.05, 3.63) is 119 Å². The second-order valence-corrected chi connectivity index (χ2v) is 9.83. The van der Waals surface area contributed by atoms with Crippen molar-refractivity contribution in [2.24, 2.45) is 0 Å². The van der Waals surface area contributed by atoms with Gasteiger partial charge in [-0.3, -0.25) is 9.59 Å². The summed E-state index contributed by atoms with van der Waals surface area (Å²) in [6, 6.07) is 28.1. The molecule has 0 saturated carbocycles. The van der Waals surface area contributed by atoms with E-state index in [-0.39, 0.29) is 23.5 Å². The second kappa shape index (κ2) is 9.58. The first-order valence-electron chi connectivity index (χ1n) is 12.8. The molecule has 2 heterocycles. The zero-order chi connectivity index (χ0) is 25.4. The standard InChI is InChI=1S/C32H29N3O2/c1-20-25(21-10-4-2-5-11-21)18-27(36)31-28(20)29(30(35-31)22-12-6-3-7-13-22)32(37)33-17-16-23-19-34-26-15-9-8-14-24(23)26/h2-15,19-20,25,34-35H,16-18H2,1H3,(H,33,37)/t20-,25+/m0/s1. The Hall–Kier alpha value is -4.38. The highest BCUT2D eigenvalue weighted by Gasteiger charge is 2.38. The van der Waals surface area contributed by atoms with Gasteiger partial charge >= 0.3 is 0 Å². The number of Topliss-reactive ketones (excluding diaryl/α,β-unsaturated/α-hetero) is 1. The molecule has 3 N–H and O–H groups in total. The first-order valence-corrected chi connectivity index (χ1v) is 12.8. The number of aromatic nitrogens is 2. The number of carbonyl (C=O) groups excluding carboxylic acids is 2. The number of amides is 1. The van der Waals surface area contributed by atoms with Gasteiger partial charge in [-0.25, -0.2) is 0 Å². The van der Waals surface area contributed by atoms with Crippen molar-refractivity contribution in [2.75, 3.05) is 6.54 Å². The lowest BCUT2D eigenvalue weighted by atomic mass is 9.73. The summed E-state index contributed by atoms with van der Waals surface area (Å²) in [5, 5.41) is 4.33. The predicted molar refractivity (Wildman–Crippen MR) is 147 cm³/mol. The Morgan fingerprint density at radius 2 is 1.62 bits per heavy atom. The van der Waals surface area contributed by atoms with Crippen molar-refractivity contribution in [3.63, 3.8) is 0 Å². The van der Waals surface area contributed by atoms with Crippen LogP contribution < -0.4 is 5.32 Å². The van der Waals surface area contributed by atoms with Crippen LogP contribution in [0.2, 0.25) is 0 Å². The second-order valence-electron chi connectivity index (χ2n) is 9.83. The van der Waals surface area contributed by atoms with Gasteiger partial charge in [0.2, 0.25) is 0 Å². The molecular formula is C32H29N3O2. The molecule has 0 radical (unpaired) electrons. The van der Waals surface area contributed by atoms with Crippen molar-refractivity contribution in [3.8, 4) is 11.3 Å². The Labute approximate surface area is 215 Å². The molecule has 184 valence electrons. The largest absolute Gasteiger partial charge is 0.361 e. The summed E-state index contributed by atoms with van der Waals surface area (Å²) in [4.78, 5) is 33.8. The molecule has 1 aliphatic rings. The maximum atomic E-state index is 13.8. The third-order valence-corrected chi connectivity index (χ3v) is 7.65. The molecule has 0 bridgehead atoms. The van der Waals surface area contributed by atoms with E-state index in [2.05, 4.69) is 46.5 Å². The number of nitrogens with one attached hydrogen (secondary N) is 3. The molecular weight excluding hydrogens is 458 g/mol. The first kappa shape index (κ1) is 23.0. The van der Waals surface area contributed by atoms with Crippen LogP contribution >= 0.6 is 0 Å².